The van der Waals surface area contributed by atoms with Crippen LogP contribution in [0.1, 0.15) is 43.0 Å². The molecule has 0 atom stereocenters. The highest BCUT2D eigenvalue weighted by molar-refractivity contribution is 6.16. The van der Waals surface area contributed by atoms with Gasteiger partial charge < -0.3 is 0 Å². The number of alkyl halides is 3. The van der Waals surface area contributed by atoms with Gasteiger partial charge in [0.15, 0.2) is 0 Å². The molecule has 0 N–H and O–H groups in total. The molecule has 0 aliphatic rings. The first-order valence-corrected chi connectivity index (χ1v) is 13.7. The lowest BCUT2D eigenvalue weighted by Crippen LogP contribution is -2.11. The zero-order chi connectivity index (χ0) is 28.8. The van der Waals surface area contributed by atoms with E-state index in [2.05, 4.69) is 63.0 Å². The van der Waals surface area contributed by atoms with Crippen molar-refractivity contribution in [3.8, 4) is 11.1 Å². The maximum Gasteiger partial charge on any atom is 0.417 e. The Hall–Kier alpha value is -4.45. The fourth-order valence-electron chi connectivity index (χ4n) is 5.99. The van der Waals surface area contributed by atoms with Crippen molar-refractivity contribution >= 4 is 49.3 Å². The first kappa shape index (κ1) is 25.5. The zero-order valence-corrected chi connectivity index (χ0v) is 23.5. The molecule has 7 aromatic rings. The second-order valence-electron chi connectivity index (χ2n) is 12.0. The van der Waals surface area contributed by atoms with Crippen LogP contribution in [0.3, 0.4) is 0 Å². The number of aryl methyl sites for hydroxylation is 2. The van der Waals surface area contributed by atoms with Crippen molar-refractivity contribution in [3.63, 3.8) is 0 Å². The molecule has 3 heterocycles. The van der Waals surface area contributed by atoms with Crippen LogP contribution in [-0.4, -0.2) is 14.4 Å². The summed E-state index contributed by atoms with van der Waals surface area (Å²) in [5.41, 5.74) is 7.73. The van der Waals surface area contributed by atoms with E-state index in [1.165, 1.54) is 11.6 Å². The van der Waals surface area contributed by atoms with E-state index in [0.29, 0.717) is 16.7 Å². The number of imidazole rings is 1. The van der Waals surface area contributed by atoms with Crippen LogP contribution in [0.4, 0.5) is 13.2 Å². The van der Waals surface area contributed by atoms with E-state index in [-0.39, 0.29) is 5.41 Å². The minimum Gasteiger partial charge on any atom is -0.290 e. The first-order chi connectivity index (χ1) is 19.4. The van der Waals surface area contributed by atoms with Crippen molar-refractivity contribution < 1.29 is 13.2 Å². The largest absolute Gasteiger partial charge is 0.417 e. The van der Waals surface area contributed by atoms with Gasteiger partial charge in [0.25, 0.3) is 0 Å². The quantitative estimate of drug-likeness (QED) is 0.151. The number of pyridine rings is 2. The normalized spacial score (nSPS) is 12.9. The number of nitrogens with zero attached hydrogens (tertiary/aromatic N) is 3. The van der Waals surface area contributed by atoms with Gasteiger partial charge in [-0.3, -0.25) is 9.38 Å². The summed E-state index contributed by atoms with van der Waals surface area (Å²) in [5.74, 6) is 0. The Morgan fingerprint density at radius 2 is 1.37 bits per heavy atom. The van der Waals surface area contributed by atoms with Gasteiger partial charge in [-0.05, 0) is 88.2 Å². The third kappa shape index (κ3) is 3.96. The van der Waals surface area contributed by atoms with Gasteiger partial charge >= 0.3 is 6.18 Å². The maximum atomic E-state index is 13.9. The highest BCUT2D eigenvalue weighted by Gasteiger charge is 2.32. The van der Waals surface area contributed by atoms with Crippen LogP contribution in [0.5, 0.6) is 0 Å². The van der Waals surface area contributed by atoms with Gasteiger partial charge in [0.1, 0.15) is 5.65 Å². The van der Waals surface area contributed by atoms with Crippen molar-refractivity contribution in [1.82, 2.24) is 14.4 Å². The van der Waals surface area contributed by atoms with Crippen molar-refractivity contribution in [2.45, 2.75) is 46.2 Å². The molecule has 0 saturated heterocycles. The fraction of sp³-hybridized carbons (Fsp3) is 0.200. The molecule has 3 nitrogen and oxygen atoms in total. The SMILES string of the molecule is Cc1cc(C(C)(C)C)ccc1-c1cc(C)c2nc3c4cc5ccccc5cc4c4ncc(C(F)(F)F)cc4n3c2c1. The van der Waals surface area contributed by atoms with Crippen LogP contribution in [0.15, 0.2) is 79.0 Å². The Kier molecular flexibility index (Phi) is 5.31. The summed E-state index contributed by atoms with van der Waals surface area (Å²) >= 11 is 0. The average Bonchev–Trinajstić information content (AvgIpc) is 3.31. The molecule has 0 saturated carbocycles. The smallest absolute Gasteiger partial charge is 0.290 e. The molecular formula is C35H28F3N3. The summed E-state index contributed by atoms with van der Waals surface area (Å²) in [4.78, 5) is 9.45. The van der Waals surface area contributed by atoms with Crippen molar-refractivity contribution in [3.05, 3.63) is 101 Å². The summed E-state index contributed by atoms with van der Waals surface area (Å²) in [6.07, 6.45) is -3.59. The van der Waals surface area contributed by atoms with E-state index >= 15 is 0 Å². The van der Waals surface area contributed by atoms with Crippen molar-refractivity contribution in [1.29, 1.82) is 0 Å². The lowest BCUT2D eigenvalue weighted by atomic mass is 9.84. The van der Waals surface area contributed by atoms with E-state index in [0.717, 1.165) is 61.0 Å². The van der Waals surface area contributed by atoms with Crippen LogP contribution >= 0.6 is 0 Å². The van der Waals surface area contributed by atoms with Gasteiger partial charge in [-0.25, -0.2) is 4.98 Å². The molecule has 204 valence electrons. The van der Waals surface area contributed by atoms with Crippen LogP contribution in [0, 0.1) is 13.8 Å². The van der Waals surface area contributed by atoms with E-state index < -0.39 is 11.7 Å². The highest BCUT2D eigenvalue weighted by Crippen LogP contribution is 2.39. The average molecular weight is 548 g/mol. The van der Waals surface area contributed by atoms with Gasteiger partial charge in [0, 0.05) is 17.0 Å². The summed E-state index contributed by atoms with van der Waals surface area (Å²) in [6, 6.07) is 23.9. The van der Waals surface area contributed by atoms with Gasteiger partial charge in [0.05, 0.1) is 27.6 Å². The van der Waals surface area contributed by atoms with Crippen LogP contribution < -0.4 is 0 Å². The number of aromatic nitrogens is 3. The van der Waals surface area contributed by atoms with E-state index in [1.54, 1.807) is 0 Å². The molecule has 0 amide bonds. The second kappa shape index (κ2) is 8.53. The number of fused-ring (bicyclic) bond motifs is 9. The minimum atomic E-state index is -4.52. The Labute approximate surface area is 235 Å². The molecule has 4 aromatic carbocycles. The molecule has 0 aliphatic carbocycles. The van der Waals surface area contributed by atoms with Crippen LogP contribution in [0.25, 0.3) is 60.4 Å². The Morgan fingerprint density at radius 3 is 2.02 bits per heavy atom. The van der Waals surface area contributed by atoms with Crippen LogP contribution in [-0.2, 0) is 11.6 Å². The zero-order valence-electron chi connectivity index (χ0n) is 23.5. The monoisotopic (exact) mass is 547 g/mol. The molecule has 0 aliphatic heterocycles. The number of halogens is 3. The maximum absolute atomic E-state index is 13.9. The predicted octanol–water partition coefficient (Wildman–Crippen LogP) is 9.94. The molecule has 0 spiro atoms. The number of hydrogen-bond donors (Lipinski definition) is 0. The van der Waals surface area contributed by atoms with Gasteiger partial charge in [-0.1, -0.05) is 63.2 Å². The standard InChI is InChI=1S/C35H28F3N3/c1-19-13-24(34(3,4)5)10-11-26(19)23-12-20(2)31-29(16-23)41-30-17-25(35(36,37)38)18-39-32(30)27-14-21-8-6-7-9-22(21)15-28(27)33(41)40-31/h6-18H,1-5H3. The topological polar surface area (TPSA) is 30.2 Å². The van der Waals surface area contributed by atoms with Gasteiger partial charge in [-0.15, -0.1) is 0 Å². The molecule has 41 heavy (non-hydrogen) atoms. The van der Waals surface area contributed by atoms with E-state index in [9.17, 15) is 13.2 Å². The van der Waals surface area contributed by atoms with E-state index in [1.807, 2.05) is 47.7 Å². The lowest BCUT2D eigenvalue weighted by molar-refractivity contribution is -0.137. The minimum absolute atomic E-state index is 0.0259. The molecule has 0 bridgehead atoms. The van der Waals surface area contributed by atoms with Crippen LogP contribution in [0.2, 0.25) is 0 Å². The molecule has 7 rings (SSSR count). The molecular weight excluding hydrogens is 519 g/mol. The number of benzene rings is 4. The molecule has 0 radical (unpaired) electrons. The molecule has 0 unspecified atom stereocenters. The summed E-state index contributed by atoms with van der Waals surface area (Å²) < 4.78 is 43.6. The molecule has 6 heteroatoms. The third-order valence-electron chi connectivity index (χ3n) is 8.17. The highest BCUT2D eigenvalue weighted by atomic mass is 19.4. The molecule has 0 fully saturated rings. The molecule has 3 aromatic heterocycles. The predicted molar refractivity (Wildman–Crippen MR) is 162 cm³/mol. The second-order valence-corrected chi connectivity index (χ2v) is 12.0. The Balaban J connectivity index is 1.62. The first-order valence-electron chi connectivity index (χ1n) is 13.7. The summed E-state index contributed by atoms with van der Waals surface area (Å²) in [5, 5.41) is 3.66. The van der Waals surface area contributed by atoms with Gasteiger partial charge in [-0.2, -0.15) is 13.2 Å². The number of rotatable bonds is 1. The van der Waals surface area contributed by atoms with Crippen molar-refractivity contribution in [2.75, 3.05) is 0 Å². The summed E-state index contributed by atoms with van der Waals surface area (Å²) in [7, 11) is 0. The third-order valence-corrected chi connectivity index (χ3v) is 8.17. The summed E-state index contributed by atoms with van der Waals surface area (Å²) in [6.45, 7) is 10.7. The number of hydrogen-bond acceptors (Lipinski definition) is 2. The van der Waals surface area contributed by atoms with E-state index in [4.69, 9.17) is 4.98 Å². The lowest BCUT2D eigenvalue weighted by Gasteiger charge is -2.21. The van der Waals surface area contributed by atoms with Crippen molar-refractivity contribution in [2.24, 2.45) is 0 Å². The Morgan fingerprint density at radius 1 is 0.683 bits per heavy atom. The van der Waals surface area contributed by atoms with Gasteiger partial charge in [0.2, 0.25) is 0 Å². The fourth-order valence-corrected chi connectivity index (χ4v) is 5.99. The Bertz CT molecular complexity index is 2200.